The fraction of sp³-hybridized carbons (Fsp3) is 0.625. The molecule has 0 aliphatic carbocycles. The molecule has 0 amide bonds. The number of nitrogens with zero attached hydrogens (tertiary/aromatic N) is 1. The minimum Gasteiger partial charge on any atom is -0.351 e. The zero-order valence-electron chi connectivity index (χ0n) is 12.1. The van der Waals surface area contributed by atoms with Crippen LogP contribution < -0.4 is 0 Å². The van der Waals surface area contributed by atoms with Gasteiger partial charge in [-0.3, -0.25) is 4.84 Å². The van der Waals surface area contributed by atoms with Crippen LogP contribution in [0.1, 0.15) is 31.2 Å². The molecule has 0 spiro atoms. The Bertz CT molecular complexity index is 425. The van der Waals surface area contributed by atoms with Crippen LogP contribution >= 0.6 is 0 Å². The lowest BCUT2D eigenvalue weighted by molar-refractivity contribution is -0.350. The lowest BCUT2D eigenvalue weighted by Gasteiger charge is -2.46. The summed E-state index contributed by atoms with van der Waals surface area (Å²) in [4.78, 5) is 5.91. The number of hydrogen-bond acceptors (Lipinski definition) is 4. The van der Waals surface area contributed by atoms with Gasteiger partial charge >= 0.3 is 0 Å². The second-order valence-electron chi connectivity index (χ2n) is 5.52. The van der Waals surface area contributed by atoms with Crippen LogP contribution in [0.5, 0.6) is 0 Å². The first-order valence-corrected chi connectivity index (χ1v) is 7.47. The average Bonchev–Trinajstić information content (AvgIpc) is 2.72. The molecule has 1 aromatic rings. The Morgan fingerprint density at radius 3 is 2.90 bits per heavy atom. The number of ether oxygens (including phenoxy) is 2. The van der Waals surface area contributed by atoms with Crippen LogP contribution in [0.15, 0.2) is 30.3 Å². The molecule has 20 heavy (non-hydrogen) atoms. The minimum atomic E-state index is -0.496. The van der Waals surface area contributed by atoms with E-state index in [4.69, 9.17) is 14.3 Å². The van der Waals surface area contributed by atoms with Crippen molar-refractivity contribution in [1.82, 2.24) is 5.06 Å². The van der Waals surface area contributed by atoms with Crippen molar-refractivity contribution in [3.05, 3.63) is 35.9 Å². The van der Waals surface area contributed by atoms with Gasteiger partial charge in [0.2, 0.25) is 0 Å². The summed E-state index contributed by atoms with van der Waals surface area (Å²) in [6.45, 7) is 2.21. The number of methoxy groups -OCH3 is 1. The van der Waals surface area contributed by atoms with E-state index in [0.29, 0.717) is 6.61 Å². The number of fused-ring (bicyclic) bond motifs is 1. The lowest BCUT2D eigenvalue weighted by atomic mass is 9.97. The fourth-order valence-electron chi connectivity index (χ4n) is 3.21. The SMILES string of the molecule is CO[C@]12CCON(Cc3ccccc3)[C@H]1CCCCO2. The Labute approximate surface area is 120 Å². The third-order valence-corrected chi connectivity index (χ3v) is 4.31. The fourth-order valence-corrected chi connectivity index (χ4v) is 3.21. The molecule has 2 aliphatic rings. The first-order valence-electron chi connectivity index (χ1n) is 7.47. The predicted octanol–water partition coefficient (Wildman–Crippen LogP) is 2.74. The summed E-state index contributed by atoms with van der Waals surface area (Å²) in [5, 5.41) is 2.06. The molecule has 0 N–H and O–H groups in total. The normalized spacial score (nSPS) is 31.6. The van der Waals surface area contributed by atoms with E-state index in [-0.39, 0.29) is 6.04 Å². The van der Waals surface area contributed by atoms with Crippen LogP contribution in [0.25, 0.3) is 0 Å². The second kappa shape index (κ2) is 6.22. The molecular weight excluding hydrogens is 254 g/mol. The van der Waals surface area contributed by atoms with Gasteiger partial charge in [-0.2, -0.15) is 5.06 Å². The molecule has 110 valence electrons. The van der Waals surface area contributed by atoms with E-state index < -0.39 is 5.79 Å². The zero-order chi connectivity index (χ0) is 13.8. The highest BCUT2D eigenvalue weighted by molar-refractivity contribution is 5.14. The van der Waals surface area contributed by atoms with Crippen molar-refractivity contribution in [1.29, 1.82) is 0 Å². The molecule has 4 nitrogen and oxygen atoms in total. The van der Waals surface area contributed by atoms with E-state index >= 15 is 0 Å². The van der Waals surface area contributed by atoms with Gasteiger partial charge in [0.15, 0.2) is 5.79 Å². The molecule has 2 aliphatic heterocycles. The van der Waals surface area contributed by atoms with Crippen molar-refractivity contribution < 1.29 is 14.3 Å². The van der Waals surface area contributed by atoms with Gasteiger partial charge in [-0.15, -0.1) is 0 Å². The summed E-state index contributed by atoms with van der Waals surface area (Å²) in [6, 6.07) is 10.6. The summed E-state index contributed by atoms with van der Waals surface area (Å²) in [6.07, 6.45) is 4.12. The maximum absolute atomic E-state index is 6.07. The Morgan fingerprint density at radius 2 is 2.10 bits per heavy atom. The van der Waals surface area contributed by atoms with Crippen LogP contribution in [0.3, 0.4) is 0 Å². The quantitative estimate of drug-likeness (QED) is 0.850. The van der Waals surface area contributed by atoms with Gasteiger partial charge in [0, 0.05) is 20.1 Å². The van der Waals surface area contributed by atoms with E-state index in [0.717, 1.165) is 38.8 Å². The third-order valence-electron chi connectivity index (χ3n) is 4.31. The summed E-state index contributed by atoms with van der Waals surface area (Å²) >= 11 is 0. The van der Waals surface area contributed by atoms with Crippen LogP contribution in [-0.2, 0) is 20.9 Å². The van der Waals surface area contributed by atoms with Gasteiger partial charge in [0.05, 0.1) is 19.3 Å². The molecule has 2 saturated heterocycles. The van der Waals surface area contributed by atoms with Crippen LogP contribution in [0, 0.1) is 0 Å². The molecule has 0 radical (unpaired) electrons. The van der Waals surface area contributed by atoms with Gasteiger partial charge in [0.1, 0.15) is 0 Å². The van der Waals surface area contributed by atoms with E-state index in [1.807, 2.05) is 6.07 Å². The Balaban J connectivity index is 1.79. The Hall–Kier alpha value is -0.940. The van der Waals surface area contributed by atoms with Crippen molar-refractivity contribution in [2.24, 2.45) is 0 Å². The maximum atomic E-state index is 6.07. The van der Waals surface area contributed by atoms with Crippen molar-refractivity contribution in [3.8, 4) is 0 Å². The number of hydroxylamine groups is 2. The molecular formula is C16H23NO3. The zero-order valence-corrected chi connectivity index (χ0v) is 12.1. The molecule has 0 unspecified atom stereocenters. The molecule has 0 saturated carbocycles. The largest absolute Gasteiger partial charge is 0.351 e. The van der Waals surface area contributed by atoms with Crippen molar-refractivity contribution in [3.63, 3.8) is 0 Å². The predicted molar refractivity (Wildman–Crippen MR) is 75.9 cm³/mol. The number of benzene rings is 1. The van der Waals surface area contributed by atoms with E-state index in [9.17, 15) is 0 Å². The molecule has 0 bridgehead atoms. The smallest absolute Gasteiger partial charge is 0.188 e. The first-order chi connectivity index (χ1) is 9.84. The van der Waals surface area contributed by atoms with Crippen LogP contribution in [-0.4, -0.2) is 37.2 Å². The summed E-state index contributed by atoms with van der Waals surface area (Å²) in [5.74, 6) is -0.496. The topological polar surface area (TPSA) is 30.9 Å². The Morgan fingerprint density at radius 1 is 1.25 bits per heavy atom. The second-order valence-corrected chi connectivity index (χ2v) is 5.52. The molecule has 0 aromatic heterocycles. The van der Waals surface area contributed by atoms with Crippen LogP contribution in [0.2, 0.25) is 0 Å². The van der Waals surface area contributed by atoms with E-state index in [2.05, 4.69) is 29.3 Å². The first kappa shape index (κ1) is 14.0. The summed E-state index contributed by atoms with van der Waals surface area (Å²) < 4.78 is 11.9. The van der Waals surface area contributed by atoms with Crippen molar-refractivity contribution >= 4 is 0 Å². The minimum absolute atomic E-state index is 0.170. The Kier molecular flexibility index (Phi) is 4.36. The summed E-state index contributed by atoms with van der Waals surface area (Å²) in [5.41, 5.74) is 1.25. The highest BCUT2D eigenvalue weighted by Gasteiger charge is 2.47. The maximum Gasteiger partial charge on any atom is 0.188 e. The highest BCUT2D eigenvalue weighted by atomic mass is 16.7. The molecule has 2 atom stereocenters. The van der Waals surface area contributed by atoms with Gasteiger partial charge in [-0.25, -0.2) is 0 Å². The number of hydrogen-bond donors (Lipinski definition) is 0. The molecule has 2 fully saturated rings. The van der Waals surface area contributed by atoms with E-state index in [1.165, 1.54) is 5.56 Å². The highest BCUT2D eigenvalue weighted by Crippen LogP contribution is 2.36. The molecule has 2 heterocycles. The average molecular weight is 277 g/mol. The van der Waals surface area contributed by atoms with E-state index in [1.54, 1.807) is 7.11 Å². The molecule has 3 rings (SSSR count). The molecule has 1 aromatic carbocycles. The van der Waals surface area contributed by atoms with Gasteiger partial charge in [0.25, 0.3) is 0 Å². The van der Waals surface area contributed by atoms with Crippen molar-refractivity contribution in [2.75, 3.05) is 20.3 Å². The summed E-state index contributed by atoms with van der Waals surface area (Å²) in [7, 11) is 1.75. The third kappa shape index (κ3) is 2.74. The van der Waals surface area contributed by atoms with Gasteiger partial charge in [-0.1, -0.05) is 30.3 Å². The lowest BCUT2D eigenvalue weighted by Crippen LogP contribution is -2.58. The van der Waals surface area contributed by atoms with Crippen LogP contribution in [0.4, 0.5) is 0 Å². The number of rotatable bonds is 3. The van der Waals surface area contributed by atoms with Gasteiger partial charge < -0.3 is 9.47 Å². The molecule has 4 heteroatoms. The monoisotopic (exact) mass is 277 g/mol. The van der Waals surface area contributed by atoms with Gasteiger partial charge in [-0.05, 0) is 24.8 Å². The van der Waals surface area contributed by atoms with Crippen molar-refractivity contribution in [2.45, 2.75) is 44.1 Å². The standard InChI is InChI=1S/C16H23NO3/c1-18-16-10-12-20-17(13-14-7-3-2-4-8-14)15(16)9-5-6-11-19-16/h2-4,7-8,15H,5-6,9-13H2,1H3/t15-,16-/m0/s1.